The summed E-state index contributed by atoms with van der Waals surface area (Å²) < 4.78 is 10.7. The maximum atomic E-state index is 10.2. The van der Waals surface area contributed by atoms with Crippen LogP contribution in [0.2, 0.25) is 0 Å². The molecule has 2 heterocycles. The number of pyridine rings is 1. The first kappa shape index (κ1) is 16.7. The first-order chi connectivity index (χ1) is 11.6. The second kappa shape index (κ2) is 7.20. The van der Waals surface area contributed by atoms with Gasteiger partial charge in [0.25, 0.3) is 0 Å². The summed E-state index contributed by atoms with van der Waals surface area (Å²) in [5.74, 6) is 1.65. The number of aromatic nitrogens is 1. The molecule has 1 aromatic carbocycles. The van der Waals surface area contributed by atoms with E-state index in [1.807, 2.05) is 37.3 Å². The second-order valence-electron chi connectivity index (χ2n) is 6.25. The van der Waals surface area contributed by atoms with Crippen LogP contribution < -0.4 is 9.47 Å². The molecule has 2 atom stereocenters. The van der Waals surface area contributed by atoms with Gasteiger partial charge in [0.2, 0.25) is 0 Å². The first-order valence-electron chi connectivity index (χ1n) is 8.16. The lowest BCUT2D eigenvalue weighted by molar-refractivity contribution is 0.172. The number of benzene rings is 1. The highest BCUT2D eigenvalue weighted by atomic mass is 16.5. The SMILES string of the molecule is COc1cccc([C@@H]2C[C@@H](O)CN2Cc2cc(OC)cc(C)n2)c1. The topological polar surface area (TPSA) is 54.8 Å². The second-order valence-corrected chi connectivity index (χ2v) is 6.25. The summed E-state index contributed by atoms with van der Waals surface area (Å²) in [5.41, 5.74) is 3.04. The Morgan fingerprint density at radius 3 is 2.71 bits per heavy atom. The van der Waals surface area contributed by atoms with E-state index in [1.165, 1.54) is 0 Å². The van der Waals surface area contributed by atoms with Crippen LogP contribution in [0, 0.1) is 6.92 Å². The van der Waals surface area contributed by atoms with Crippen LogP contribution in [0.4, 0.5) is 0 Å². The lowest BCUT2D eigenvalue weighted by Crippen LogP contribution is -2.25. The lowest BCUT2D eigenvalue weighted by Gasteiger charge is -2.24. The average Bonchev–Trinajstić information content (AvgIpc) is 2.94. The van der Waals surface area contributed by atoms with Gasteiger partial charge in [-0.25, -0.2) is 0 Å². The van der Waals surface area contributed by atoms with Gasteiger partial charge in [0, 0.05) is 37.0 Å². The molecule has 0 amide bonds. The fourth-order valence-corrected chi connectivity index (χ4v) is 3.36. The Kier molecular flexibility index (Phi) is 5.02. The van der Waals surface area contributed by atoms with E-state index >= 15 is 0 Å². The van der Waals surface area contributed by atoms with Crippen molar-refractivity contribution in [1.29, 1.82) is 0 Å². The lowest BCUT2D eigenvalue weighted by atomic mass is 10.0. The van der Waals surface area contributed by atoms with Gasteiger partial charge in [0.15, 0.2) is 0 Å². The number of rotatable bonds is 5. The molecule has 0 spiro atoms. The monoisotopic (exact) mass is 328 g/mol. The van der Waals surface area contributed by atoms with Gasteiger partial charge in [-0.3, -0.25) is 9.88 Å². The van der Waals surface area contributed by atoms with Crippen LogP contribution in [-0.2, 0) is 6.54 Å². The molecule has 1 aliphatic rings. The molecule has 1 aliphatic heterocycles. The van der Waals surface area contributed by atoms with E-state index in [4.69, 9.17) is 9.47 Å². The van der Waals surface area contributed by atoms with E-state index in [-0.39, 0.29) is 12.1 Å². The number of aliphatic hydroxyl groups is 1. The molecule has 24 heavy (non-hydrogen) atoms. The van der Waals surface area contributed by atoms with Crippen LogP contribution in [0.25, 0.3) is 0 Å². The summed E-state index contributed by atoms with van der Waals surface area (Å²) >= 11 is 0. The van der Waals surface area contributed by atoms with E-state index in [9.17, 15) is 5.11 Å². The molecule has 1 saturated heterocycles. The van der Waals surface area contributed by atoms with Gasteiger partial charge in [-0.1, -0.05) is 12.1 Å². The zero-order valence-electron chi connectivity index (χ0n) is 14.4. The van der Waals surface area contributed by atoms with Crippen molar-refractivity contribution < 1.29 is 14.6 Å². The van der Waals surface area contributed by atoms with Crippen LogP contribution in [0.5, 0.6) is 11.5 Å². The number of aryl methyl sites for hydroxylation is 1. The third kappa shape index (κ3) is 3.68. The Balaban J connectivity index is 1.84. The molecular weight excluding hydrogens is 304 g/mol. The smallest absolute Gasteiger partial charge is 0.122 e. The van der Waals surface area contributed by atoms with Crippen molar-refractivity contribution in [3.63, 3.8) is 0 Å². The van der Waals surface area contributed by atoms with Crippen molar-refractivity contribution >= 4 is 0 Å². The Hall–Kier alpha value is -2.11. The first-order valence-corrected chi connectivity index (χ1v) is 8.16. The fourth-order valence-electron chi connectivity index (χ4n) is 3.36. The molecule has 0 unspecified atom stereocenters. The van der Waals surface area contributed by atoms with Crippen molar-refractivity contribution in [3.05, 3.63) is 53.3 Å². The van der Waals surface area contributed by atoms with Gasteiger partial charge in [0.1, 0.15) is 11.5 Å². The van der Waals surface area contributed by atoms with Crippen LogP contribution in [0.1, 0.15) is 29.4 Å². The largest absolute Gasteiger partial charge is 0.497 e. The van der Waals surface area contributed by atoms with Crippen LogP contribution in [-0.4, -0.2) is 41.9 Å². The van der Waals surface area contributed by atoms with Gasteiger partial charge < -0.3 is 14.6 Å². The highest BCUT2D eigenvalue weighted by molar-refractivity contribution is 5.32. The van der Waals surface area contributed by atoms with Crippen LogP contribution in [0.3, 0.4) is 0 Å². The standard InChI is InChI=1S/C19H24N2O3/c1-13-7-18(24-3)9-15(20-13)11-21-12-16(22)10-19(21)14-5-4-6-17(8-14)23-2/h4-9,16,19,22H,10-12H2,1-3H3/t16-,19+/m1/s1. The van der Waals surface area contributed by atoms with Crippen LogP contribution in [0.15, 0.2) is 36.4 Å². The molecule has 5 heteroatoms. The number of hydrogen-bond acceptors (Lipinski definition) is 5. The third-order valence-electron chi connectivity index (χ3n) is 4.44. The maximum Gasteiger partial charge on any atom is 0.122 e. The number of β-amino-alcohol motifs (C(OH)–C–C–N with tert-alkyl or cyclic N) is 1. The predicted octanol–water partition coefficient (Wildman–Crippen LogP) is 2.72. The minimum atomic E-state index is -0.326. The molecule has 3 rings (SSSR count). The molecule has 0 radical (unpaired) electrons. The molecule has 128 valence electrons. The molecule has 1 fully saturated rings. The van der Waals surface area contributed by atoms with Gasteiger partial charge in [-0.2, -0.15) is 0 Å². The van der Waals surface area contributed by atoms with Crippen molar-refractivity contribution in [2.24, 2.45) is 0 Å². The molecule has 0 saturated carbocycles. The average molecular weight is 328 g/mol. The highest BCUT2D eigenvalue weighted by Crippen LogP contribution is 2.34. The van der Waals surface area contributed by atoms with Gasteiger partial charge in [-0.15, -0.1) is 0 Å². The van der Waals surface area contributed by atoms with Crippen molar-refractivity contribution in [1.82, 2.24) is 9.88 Å². The number of nitrogens with zero attached hydrogens (tertiary/aromatic N) is 2. The molecule has 0 bridgehead atoms. The molecule has 1 N–H and O–H groups in total. The van der Waals surface area contributed by atoms with Crippen LogP contribution >= 0.6 is 0 Å². The number of hydrogen-bond donors (Lipinski definition) is 1. The number of methoxy groups -OCH3 is 2. The number of ether oxygens (including phenoxy) is 2. The molecule has 5 nitrogen and oxygen atoms in total. The summed E-state index contributed by atoms with van der Waals surface area (Å²) in [5, 5.41) is 10.2. The summed E-state index contributed by atoms with van der Waals surface area (Å²) in [6.07, 6.45) is 0.392. The number of aliphatic hydroxyl groups excluding tert-OH is 1. The predicted molar refractivity (Wildman–Crippen MR) is 92.3 cm³/mol. The van der Waals surface area contributed by atoms with Crippen molar-refractivity contribution in [2.75, 3.05) is 20.8 Å². The molecule has 2 aromatic rings. The zero-order chi connectivity index (χ0) is 17.1. The molecular formula is C19H24N2O3. The molecule has 1 aromatic heterocycles. The Bertz CT molecular complexity index is 705. The van der Waals surface area contributed by atoms with Gasteiger partial charge >= 0.3 is 0 Å². The van der Waals surface area contributed by atoms with E-state index in [2.05, 4.69) is 16.0 Å². The van der Waals surface area contributed by atoms with E-state index in [0.29, 0.717) is 13.1 Å². The number of likely N-dealkylation sites (tertiary alicyclic amines) is 1. The fraction of sp³-hybridized carbons (Fsp3) is 0.421. The summed E-state index contributed by atoms with van der Waals surface area (Å²) in [4.78, 5) is 6.87. The van der Waals surface area contributed by atoms with Gasteiger partial charge in [0.05, 0.1) is 26.0 Å². The normalized spacial score (nSPS) is 21.0. The molecule has 0 aliphatic carbocycles. The maximum absolute atomic E-state index is 10.2. The Morgan fingerprint density at radius 1 is 1.17 bits per heavy atom. The minimum absolute atomic E-state index is 0.156. The van der Waals surface area contributed by atoms with E-state index in [1.54, 1.807) is 14.2 Å². The quantitative estimate of drug-likeness (QED) is 0.914. The summed E-state index contributed by atoms with van der Waals surface area (Å²) in [6, 6.07) is 12.1. The zero-order valence-corrected chi connectivity index (χ0v) is 14.4. The van der Waals surface area contributed by atoms with Gasteiger partial charge in [-0.05, 0) is 31.0 Å². The van der Waals surface area contributed by atoms with Crippen molar-refractivity contribution in [3.8, 4) is 11.5 Å². The summed E-state index contributed by atoms with van der Waals surface area (Å²) in [7, 11) is 3.33. The van der Waals surface area contributed by atoms with Crippen molar-refractivity contribution in [2.45, 2.75) is 32.0 Å². The highest BCUT2D eigenvalue weighted by Gasteiger charge is 2.32. The Morgan fingerprint density at radius 2 is 1.96 bits per heavy atom. The van der Waals surface area contributed by atoms with E-state index in [0.717, 1.165) is 34.9 Å². The minimum Gasteiger partial charge on any atom is -0.497 e. The Labute approximate surface area is 142 Å². The third-order valence-corrected chi connectivity index (χ3v) is 4.44. The summed E-state index contributed by atoms with van der Waals surface area (Å²) in [6.45, 7) is 3.28. The van der Waals surface area contributed by atoms with E-state index < -0.39 is 0 Å².